The minimum atomic E-state index is -4.48. The highest BCUT2D eigenvalue weighted by atomic mass is 19.4. The van der Waals surface area contributed by atoms with Gasteiger partial charge in [-0.2, -0.15) is 13.2 Å². The summed E-state index contributed by atoms with van der Waals surface area (Å²) in [5, 5.41) is 2.51. The maximum Gasteiger partial charge on any atom is 0.418 e. The maximum absolute atomic E-state index is 13.2. The lowest BCUT2D eigenvalue weighted by atomic mass is 9.83. The Bertz CT molecular complexity index is 804. The Hall–Kier alpha value is -2.34. The van der Waals surface area contributed by atoms with E-state index in [0.717, 1.165) is 11.6 Å². The SMILES string of the molecule is O=C1Nc2c(cccc2C(F)(F)F)[C@@H]2CN(Cc3ccccc3)C[C@H]12. The third kappa shape index (κ3) is 2.91. The molecular formula is C19H17F3N2O. The van der Waals surface area contributed by atoms with Crippen molar-refractivity contribution in [3.63, 3.8) is 0 Å². The summed E-state index contributed by atoms with van der Waals surface area (Å²) in [5.41, 5.74) is 0.891. The molecule has 4 rings (SSSR count). The second-order valence-corrected chi connectivity index (χ2v) is 6.65. The van der Waals surface area contributed by atoms with Gasteiger partial charge in [0, 0.05) is 25.6 Å². The number of amides is 1. The van der Waals surface area contributed by atoms with Gasteiger partial charge in [-0.1, -0.05) is 42.5 Å². The smallest absolute Gasteiger partial charge is 0.325 e. The molecule has 1 fully saturated rings. The fourth-order valence-electron chi connectivity index (χ4n) is 3.91. The zero-order valence-corrected chi connectivity index (χ0v) is 13.4. The number of carbonyl (C=O) groups excluding carboxylic acids is 1. The fraction of sp³-hybridized carbons (Fsp3) is 0.316. The summed E-state index contributed by atoms with van der Waals surface area (Å²) in [7, 11) is 0. The Kier molecular flexibility index (Phi) is 3.80. The van der Waals surface area contributed by atoms with Gasteiger partial charge in [0.25, 0.3) is 0 Å². The molecule has 6 heteroatoms. The second kappa shape index (κ2) is 5.88. The van der Waals surface area contributed by atoms with Gasteiger partial charge in [0.1, 0.15) is 0 Å². The molecule has 0 unspecified atom stereocenters. The first-order valence-corrected chi connectivity index (χ1v) is 8.21. The molecule has 2 aliphatic heterocycles. The first kappa shape index (κ1) is 16.1. The zero-order valence-electron chi connectivity index (χ0n) is 13.4. The monoisotopic (exact) mass is 346 g/mol. The van der Waals surface area contributed by atoms with Crippen molar-refractivity contribution >= 4 is 11.6 Å². The maximum atomic E-state index is 13.2. The lowest BCUT2D eigenvalue weighted by Gasteiger charge is -2.29. The van der Waals surface area contributed by atoms with Gasteiger partial charge in [-0.3, -0.25) is 9.69 Å². The average Bonchev–Trinajstić information content (AvgIpc) is 2.99. The fourth-order valence-corrected chi connectivity index (χ4v) is 3.91. The molecular weight excluding hydrogens is 329 g/mol. The Balaban J connectivity index is 1.64. The molecule has 0 radical (unpaired) electrons. The highest BCUT2D eigenvalue weighted by Gasteiger charge is 2.45. The number of carbonyl (C=O) groups is 1. The standard InChI is InChI=1S/C19H17F3N2O/c20-19(21,22)16-8-4-7-13-14-10-24(9-12-5-2-1-3-6-12)11-15(14)18(25)23-17(13)16/h1-8,14-15H,9-11H2,(H,23,25)/t14-,15-/m0/s1. The summed E-state index contributed by atoms with van der Waals surface area (Å²) >= 11 is 0. The van der Waals surface area contributed by atoms with Gasteiger partial charge < -0.3 is 5.32 Å². The van der Waals surface area contributed by atoms with Crippen LogP contribution < -0.4 is 5.32 Å². The van der Waals surface area contributed by atoms with Crippen LogP contribution in [0.5, 0.6) is 0 Å². The first-order chi connectivity index (χ1) is 11.9. The Morgan fingerprint density at radius 1 is 1.00 bits per heavy atom. The molecule has 2 aromatic carbocycles. The van der Waals surface area contributed by atoms with Crippen LogP contribution in [0.2, 0.25) is 0 Å². The van der Waals surface area contributed by atoms with Crippen molar-refractivity contribution in [2.24, 2.45) is 5.92 Å². The van der Waals surface area contributed by atoms with Crippen LogP contribution in [0.3, 0.4) is 0 Å². The Morgan fingerprint density at radius 3 is 2.44 bits per heavy atom. The number of rotatable bonds is 2. The number of nitrogens with zero attached hydrogens (tertiary/aromatic N) is 1. The van der Waals surface area contributed by atoms with Gasteiger partial charge in [0.05, 0.1) is 17.2 Å². The number of para-hydroxylation sites is 1. The van der Waals surface area contributed by atoms with E-state index >= 15 is 0 Å². The van der Waals surface area contributed by atoms with Crippen molar-refractivity contribution in [1.82, 2.24) is 4.90 Å². The van der Waals surface area contributed by atoms with E-state index in [-0.39, 0.29) is 23.4 Å². The first-order valence-electron chi connectivity index (χ1n) is 8.21. The van der Waals surface area contributed by atoms with Crippen molar-refractivity contribution in [3.05, 3.63) is 65.2 Å². The molecule has 1 amide bonds. The molecule has 2 aromatic rings. The lowest BCUT2D eigenvalue weighted by molar-refractivity contribution is -0.137. The number of likely N-dealkylation sites (tertiary alicyclic amines) is 1. The van der Waals surface area contributed by atoms with Crippen LogP contribution in [0.25, 0.3) is 0 Å². The van der Waals surface area contributed by atoms with Gasteiger partial charge in [-0.15, -0.1) is 0 Å². The molecule has 0 aromatic heterocycles. The number of nitrogens with one attached hydrogen (secondary N) is 1. The number of benzene rings is 2. The molecule has 0 saturated carbocycles. The molecule has 1 N–H and O–H groups in total. The molecule has 3 nitrogen and oxygen atoms in total. The van der Waals surface area contributed by atoms with Crippen molar-refractivity contribution in [2.45, 2.75) is 18.6 Å². The van der Waals surface area contributed by atoms with Crippen LogP contribution in [0.1, 0.15) is 22.6 Å². The van der Waals surface area contributed by atoms with Crippen LogP contribution in [0.4, 0.5) is 18.9 Å². The largest absolute Gasteiger partial charge is 0.418 e. The normalized spacial score (nSPS) is 23.1. The third-order valence-electron chi connectivity index (χ3n) is 5.03. The molecule has 0 aliphatic carbocycles. The predicted molar refractivity (Wildman–Crippen MR) is 88.0 cm³/mol. The van der Waals surface area contributed by atoms with E-state index in [2.05, 4.69) is 10.2 Å². The highest BCUT2D eigenvalue weighted by molar-refractivity contribution is 5.98. The van der Waals surface area contributed by atoms with Crippen molar-refractivity contribution in [1.29, 1.82) is 0 Å². The van der Waals surface area contributed by atoms with Gasteiger partial charge in [-0.05, 0) is 17.2 Å². The van der Waals surface area contributed by atoms with E-state index in [1.165, 1.54) is 6.07 Å². The number of anilines is 1. The van der Waals surface area contributed by atoms with Gasteiger partial charge in [0.2, 0.25) is 5.91 Å². The van der Waals surface area contributed by atoms with Gasteiger partial charge in [-0.25, -0.2) is 0 Å². The van der Waals surface area contributed by atoms with Gasteiger partial charge >= 0.3 is 6.18 Å². The third-order valence-corrected chi connectivity index (χ3v) is 5.03. The van der Waals surface area contributed by atoms with Crippen molar-refractivity contribution in [3.8, 4) is 0 Å². The van der Waals surface area contributed by atoms with E-state index in [1.54, 1.807) is 6.07 Å². The molecule has 130 valence electrons. The summed E-state index contributed by atoms with van der Waals surface area (Å²) < 4.78 is 39.7. The number of alkyl halides is 3. The molecule has 2 heterocycles. The summed E-state index contributed by atoms with van der Waals surface area (Å²) in [4.78, 5) is 14.5. The molecule has 1 saturated heterocycles. The minimum absolute atomic E-state index is 0.0668. The summed E-state index contributed by atoms with van der Waals surface area (Å²) in [6.45, 7) is 1.83. The van der Waals surface area contributed by atoms with E-state index in [1.807, 2.05) is 30.3 Å². The number of hydrogen-bond donors (Lipinski definition) is 1. The van der Waals surface area contributed by atoms with Gasteiger partial charge in [0.15, 0.2) is 0 Å². The topological polar surface area (TPSA) is 32.3 Å². The summed E-state index contributed by atoms with van der Waals surface area (Å²) in [6, 6.07) is 14.0. The quantitative estimate of drug-likeness (QED) is 0.895. The number of fused-ring (bicyclic) bond motifs is 3. The molecule has 2 atom stereocenters. The second-order valence-electron chi connectivity index (χ2n) is 6.65. The highest BCUT2D eigenvalue weighted by Crippen LogP contribution is 2.46. The van der Waals surface area contributed by atoms with Crippen molar-refractivity contribution in [2.75, 3.05) is 18.4 Å². The van der Waals surface area contributed by atoms with Crippen molar-refractivity contribution < 1.29 is 18.0 Å². The van der Waals surface area contributed by atoms with E-state index in [0.29, 0.717) is 25.2 Å². The molecule has 0 bridgehead atoms. The van der Waals surface area contributed by atoms with Crippen LogP contribution in [0.15, 0.2) is 48.5 Å². The number of halogens is 3. The van der Waals surface area contributed by atoms with E-state index in [4.69, 9.17) is 0 Å². The Labute approximate surface area is 143 Å². The summed E-state index contributed by atoms with van der Waals surface area (Å²) in [6.07, 6.45) is -4.48. The average molecular weight is 346 g/mol. The van der Waals surface area contributed by atoms with E-state index < -0.39 is 11.7 Å². The Morgan fingerprint density at radius 2 is 1.72 bits per heavy atom. The predicted octanol–water partition coefficient (Wildman–Crippen LogP) is 3.87. The van der Waals surface area contributed by atoms with Crippen LogP contribution in [-0.4, -0.2) is 23.9 Å². The summed E-state index contributed by atoms with van der Waals surface area (Å²) in [5.74, 6) is -0.820. The van der Waals surface area contributed by atoms with Crippen LogP contribution >= 0.6 is 0 Å². The molecule has 2 aliphatic rings. The molecule has 25 heavy (non-hydrogen) atoms. The minimum Gasteiger partial charge on any atom is -0.325 e. The van der Waals surface area contributed by atoms with Crippen LogP contribution in [-0.2, 0) is 17.5 Å². The van der Waals surface area contributed by atoms with E-state index in [9.17, 15) is 18.0 Å². The lowest BCUT2D eigenvalue weighted by Crippen LogP contribution is -2.34. The van der Waals surface area contributed by atoms with Crippen LogP contribution in [0, 0.1) is 5.92 Å². The zero-order chi connectivity index (χ0) is 17.6. The number of hydrogen-bond acceptors (Lipinski definition) is 2. The molecule has 0 spiro atoms.